The maximum Gasteiger partial charge on any atom is 0.188 e. The van der Waals surface area contributed by atoms with Gasteiger partial charge in [0, 0.05) is 0 Å². The smallest absolute Gasteiger partial charge is 0.188 e. The molecule has 2 saturated carbocycles. The molecule has 2 bridgehead atoms. The predicted octanol–water partition coefficient (Wildman–Crippen LogP) is 3.78. The normalized spacial score (nSPS) is 38.8. The fraction of sp³-hybridized carbons (Fsp3) is 1.00. The fourth-order valence-corrected chi connectivity index (χ4v) is 4.04. The van der Waals surface area contributed by atoms with Crippen LogP contribution in [0.15, 0.2) is 0 Å². The van der Waals surface area contributed by atoms with Crippen LogP contribution in [0.1, 0.15) is 45.4 Å². The molecule has 2 aliphatic carbocycles. The zero-order chi connectivity index (χ0) is 10.7. The summed E-state index contributed by atoms with van der Waals surface area (Å²) in [5, 5.41) is 0. The van der Waals surface area contributed by atoms with Crippen LogP contribution >= 0.6 is 0 Å². The minimum absolute atomic E-state index is 0.612. The lowest BCUT2D eigenvalue weighted by Gasteiger charge is -2.30. The first-order chi connectivity index (χ1) is 7.36. The summed E-state index contributed by atoms with van der Waals surface area (Å²) in [6.45, 7) is 2.30. The molecular formula is C13H23FO. The van der Waals surface area contributed by atoms with Crippen molar-refractivity contribution in [2.45, 2.75) is 45.4 Å². The molecule has 0 amide bonds. The van der Waals surface area contributed by atoms with Crippen molar-refractivity contribution in [1.82, 2.24) is 0 Å². The van der Waals surface area contributed by atoms with Crippen LogP contribution in [0.5, 0.6) is 0 Å². The van der Waals surface area contributed by atoms with E-state index in [1.54, 1.807) is 0 Å². The summed E-state index contributed by atoms with van der Waals surface area (Å²) in [5.74, 6) is 3.70. The molecule has 4 unspecified atom stereocenters. The Morgan fingerprint density at radius 1 is 1.13 bits per heavy atom. The van der Waals surface area contributed by atoms with Crippen LogP contribution < -0.4 is 0 Å². The average Bonchev–Trinajstić information content (AvgIpc) is 2.81. The fourth-order valence-electron chi connectivity index (χ4n) is 4.04. The number of ether oxygens (including phenoxy) is 1. The number of hydrogen-bond acceptors (Lipinski definition) is 1. The van der Waals surface area contributed by atoms with Gasteiger partial charge in [-0.15, -0.1) is 0 Å². The molecule has 0 aliphatic heterocycles. The lowest BCUT2D eigenvalue weighted by Crippen LogP contribution is -2.23. The lowest BCUT2D eigenvalue weighted by molar-refractivity contribution is 0.0377. The third kappa shape index (κ3) is 2.35. The molecule has 88 valence electrons. The first-order valence-electron chi connectivity index (χ1n) is 6.50. The van der Waals surface area contributed by atoms with E-state index in [1.807, 2.05) is 0 Å². The second-order valence-corrected chi connectivity index (χ2v) is 5.26. The summed E-state index contributed by atoms with van der Waals surface area (Å²) in [7, 11) is 0. The Morgan fingerprint density at radius 3 is 2.40 bits per heavy atom. The van der Waals surface area contributed by atoms with Crippen LogP contribution in [-0.4, -0.2) is 13.5 Å². The van der Waals surface area contributed by atoms with Gasteiger partial charge in [0.05, 0.1) is 6.61 Å². The number of alkyl halides is 1. The number of hydrogen-bond donors (Lipinski definition) is 0. The van der Waals surface area contributed by atoms with Crippen LogP contribution in [0.25, 0.3) is 0 Å². The lowest BCUT2D eigenvalue weighted by atomic mass is 9.75. The highest BCUT2D eigenvalue weighted by molar-refractivity contribution is 4.95. The highest BCUT2D eigenvalue weighted by Gasteiger charge is 2.46. The van der Waals surface area contributed by atoms with Gasteiger partial charge >= 0.3 is 0 Å². The van der Waals surface area contributed by atoms with Crippen molar-refractivity contribution in [1.29, 1.82) is 0 Å². The first-order valence-corrected chi connectivity index (χ1v) is 6.50. The largest absolute Gasteiger partial charge is 0.350 e. The van der Waals surface area contributed by atoms with E-state index in [2.05, 4.69) is 6.92 Å². The van der Waals surface area contributed by atoms with Gasteiger partial charge in [-0.3, -0.25) is 0 Å². The van der Waals surface area contributed by atoms with Gasteiger partial charge in [-0.05, 0) is 49.4 Å². The molecule has 0 aromatic rings. The Labute approximate surface area is 92.4 Å². The van der Waals surface area contributed by atoms with Crippen molar-refractivity contribution < 1.29 is 9.13 Å². The van der Waals surface area contributed by atoms with E-state index in [-0.39, 0.29) is 0 Å². The summed E-state index contributed by atoms with van der Waals surface area (Å²) in [6.07, 6.45) is 8.09. The molecule has 0 aromatic heterocycles. The van der Waals surface area contributed by atoms with Gasteiger partial charge in [-0.1, -0.05) is 19.8 Å². The van der Waals surface area contributed by atoms with Crippen LogP contribution in [0.3, 0.4) is 0 Å². The van der Waals surface area contributed by atoms with E-state index in [1.165, 1.54) is 32.1 Å². The van der Waals surface area contributed by atoms with Gasteiger partial charge in [0.2, 0.25) is 0 Å². The van der Waals surface area contributed by atoms with E-state index in [0.29, 0.717) is 6.61 Å². The molecule has 2 heteroatoms. The minimum Gasteiger partial charge on any atom is -0.350 e. The van der Waals surface area contributed by atoms with Crippen molar-refractivity contribution in [3.8, 4) is 0 Å². The summed E-state index contributed by atoms with van der Waals surface area (Å²) < 4.78 is 16.7. The topological polar surface area (TPSA) is 9.23 Å². The number of rotatable bonds is 6. The van der Waals surface area contributed by atoms with Gasteiger partial charge in [0.15, 0.2) is 6.86 Å². The molecule has 0 spiro atoms. The third-order valence-electron chi connectivity index (χ3n) is 4.57. The van der Waals surface area contributed by atoms with Gasteiger partial charge in [0.1, 0.15) is 0 Å². The molecule has 0 radical (unpaired) electrons. The van der Waals surface area contributed by atoms with E-state index >= 15 is 0 Å². The molecular weight excluding hydrogens is 191 g/mol. The molecule has 0 saturated heterocycles. The van der Waals surface area contributed by atoms with Crippen LogP contribution in [0.2, 0.25) is 0 Å². The van der Waals surface area contributed by atoms with Gasteiger partial charge in [0.25, 0.3) is 0 Å². The zero-order valence-corrected chi connectivity index (χ0v) is 9.75. The molecule has 0 aromatic carbocycles. The van der Waals surface area contributed by atoms with Crippen molar-refractivity contribution in [2.75, 3.05) is 13.5 Å². The predicted molar refractivity (Wildman–Crippen MR) is 59.3 cm³/mol. The van der Waals surface area contributed by atoms with E-state index in [4.69, 9.17) is 4.74 Å². The second-order valence-electron chi connectivity index (χ2n) is 5.26. The Morgan fingerprint density at radius 2 is 1.80 bits per heavy atom. The molecule has 2 fully saturated rings. The van der Waals surface area contributed by atoms with Crippen molar-refractivity contribution >= 4 is 0 Å². The summed E-state index contributed by atoms with van der Waals surface area (Å²) in [5.41, 5.74) is 0. The SMILES string of the molecule is CCCC1C2CCC(C2)C1CCOCF. The van der Waals surface area contributed by atoms with E-state index in [0.717, 1.165) is 30.1 Å². The van der Waals surface area contributed by atoms with E-state index in [9.17, 15) is 4.39 Å². The third-order valence-corrected chi connectivity index (χ3v) is 4.57. The molecule has 1 nitrogen and oxygen atoms in total. The Hall–Kier alpha value is -0.110. The first kappa shape index (κ1) is 11.4. The van der Waals surface area contributed by atoms with Crippen molar-refractivity contribution in [3.05, 3.63) is 0 Å². The van der Waals surface area contributed by atoms with E-state index < -0.39 is 6.86 Å². The molecule has 4 atom stereocenters. The second kappa shape index (κ2) is 5.29. The quantitative estimate of drug-likeness (QED) is 0.611. The molecule has 0 N–H and O–H groups in total. The Balaban J connectivity index is 1.84. The maximum absolute atomic E-state index is 11.9. The Bertz CT molecular complexity index is 195. The molecule has 2 rings (SSSR count). The highest BCUT2D eigenvalue weighted by Crippen LogP contribution is 2.54. The van der Waals surface area contributed by atoms with Gasteiger partial charge < -0.3 is 4.74 Å². The molecule has 2 aliphatic rings. The monoisotopic (exact) mass is 214 g/mol. The minimum atomic E-state index is -0.612. The van der Waals surface area contributed by atoms with Crippen LogP contribution in [0.4, 0.5) is 4.39 Å². The summed E-state index contributed by atoms with van der Waals surface area (Å²) in [4.78, 5) is 0. The number of halogens is 1. The zero-order valence-electron chi connectivity index (χ0n) is 9.75. The standard InChI is InChI=1S/C13H23FO/c1-2-3-12-10-4-5-11(8-10)13(12)6-7-15-9-14/h10-13H,2-9H2,1H3. The highest BCUT2D eigenvalue weighted by atomic mass is 19.1. The van der Waals surface area contributed by atoms with Crippen LogP contribution in [-0.2, 0) is 4.74 Å². The van der Waals surface area contributed by atoms with Crippen LogP contribution in [0, 0.1) is 23.7 Å². The van der Waals surface area contributed by atoms with Crippen molar-refractivity contribution in [2.24, 2.45) is 23.7 Å². The van der Waals surface area contributed by atoms with Gasteiger partial charge in [-0.2, -0.15) is 0 Å². The molecule has 0 heterocycles. The van der Waals surface area contributed by atoms with Crippen molar-refractivity contribution in [3.63, 3.8) is 0 Å². The average molecular weight is 214 g/mol. The molecule has 15 heavy (non-hydrogen) atoms. The number of fused-ring (bicyclic) bond motifs is 2. The summed E-state index contributed by atoms with van der Waals surface area (Å²) in [6, 6.07) is 0. The Kier molecular flexibility index (Phi) is 4.01. The maximum atomic E-state index is 11.9. The van der Waals surface area contributed by atoms with Gasteiger partial charge in [-0.25, -0.2) is 4.39 Å². The summed E-state index contributed by atoms with van der Waals surface area (Å²) >= 11 is 0.